The standard InChI is InChI=1S/C22H18F2N2O3S/c1-3-29-18-6-4-5-15(11-18)21(28)10-8-17-13-30-22(25-17)26(14(2)27)20-9-7-16(23)12-19(20)24/h4-13H,3H2,1-2H3/b10-8+. The highest BCUT2D eigenvalue weighted by Crippen LogP contribution is 2.31. The van der Waals surface area contributed by atoms with E-state index < -0.39 is 17.5 Å². The van der Waals surface area contributed by atoms with Gasteiger partial charge in [0.2, 0.25) is 5.91 Å². The molecule has 2 aromatic carbocycles. The average molecular weight is 428 g/mol. The first-order valence-electron chi connectivity index (χ1n) is 9.05. The van der Waals surface area contributed by atoms with Crippen LogP contribution in [-0.4, -0.2) is 23.3 Å². The van der Waals surface area contributed by atoms with Crippen molar-refractivity contribution in [1.29, 1.82) is 0 Å². The summed E-state index contributed by atoms with van der Waals surface area (Å²) < 4.78 is 32.7. The van der Waals surface area contributed by atoms with Crippen LogP contribution in [0.1, 0.15) is 29.9 Å². The first-order chi connectivity index (χ1) is 14.4. The molecule has 0 saturated carbocycles. The Hall–Kier alpha value is -3.39. The first kappa shape index (κ1) is 21.3. The maximum absolute atomic E-state index is 14.2. The molecule has 0 unspecified atom stereocenters. The van der Waals surface area contributed by atoms with Crippen molar-refractivity contribution < 1.29 is 23.1 Å². The number of anilines is 2. The zero-order chi connectivity index (χ0) is 21.7. The Kier molecular flexibility index (Phi) is 6.68. The van der Waals surface area contributed by atoms with Gasteiger partial charge in [-0.2, -0.15) is 0 Å². The molecule has 154 valence electrons. The second kappa shape index (κ2) is 9.41. The zero-order valence-electron chi connectivity index (χ0n) is 16.3. The molecule has 5 nitrogen and oxygen atoms in total. The van der Waals surface area contributed by atoms with E-state index in [4.69, 9.17) is 4.74 Å². The van der Waals surface area contributed by atoms with Crippen LogP contribution < -0.4 is 9.64 Å². The van der Waals surface area contributed by atoms with Crippen molar-refractivity contribution in [3.05, 3.63) is 76.8 Å². The third kappa shape index (κ3) is 4.96. The smallest absolute Gasteiger partial charge is 0.230 e. The monoisotopic (exact) mass is 428 g/mol. The van der Waals surface area contributed by atoms with Crippen LogP contribution in [0.2, 0.25) is 0 Å². The SMILES string of the molecule is CCOc1cccc(C(=O)/C=C/c2csc(N(C(C)=O)c3ccc(F)cc3F)n2)c1. The van der Waals surface area contributed by atoms with Crippen LogP contribution >= 0.6 is 11.3 Å². The molecule has 0 N–H and O–H groups in total. The van der Waals surface area contributed by atoms with E-state index in [9.17, 15) is 18.4 Å². The Labute approximate surface area is 176 Å². The average Bonchev–Trinajstić information content (AvgIpc) is 3.17. The number of ether oxygens (including phenoxy) is 1. The first-order valence-corrected chi connectivity index (χ1v) is 9.93. The number of thiazole rings is 1. The largest absolute Gasteiger partial charge is 0.494 e. The number of amides is 1. The third-order valence-corrected chi connectivity index (χ3v) is 4.85. The summed E-state index contributed by atoms with van der Waals surface area (Å²) in [4.78, 5) is 29.8. The molecule has 1 aromatic heterocycles. The normalized spacial score (nSPS) is 10.9. The molecule has 8 heteroatoms. The van der Waals surface area contributed by atoms with Crippen LogP contribution in [0.5, 0.6) is 5.75 Å². The minimum absolute atomic E-state index is 0.0994. The Balaban J connectivity index is 1.81. The summed E-state index contributed by atoms with van der Waals surface area (Å²) in [5, 5.41) is 1.84. The summed E-state index contributed by atoms with van der Waals surface area (Å²) in [6, 6.07) is 9.77. The molecular formula is C22H18F2N2O3S. The second-order valence-corrected chi connectivity index (χ2v) is 7.00. The molecule has 1 amide bonds. The molecule has 30 heavy (non-hydrogen) atoms. The summed E-state index contributed by atoms with van der Waals surface area (Å²) in [7, 11) is 0. The van der Waals surface area contributed by atoms with E-state index in [1.807, 2.05) is 6.92 Å². The van der Waals surface area contributed by atoms with Gasteiger partial charge in [0, 0.05) is 23.9 Å². The van der Waals surface area contributed by atoms with Gasteiger partial charge in [-0.05, 0) is 43.3 Å². The number of rotatable bonds is 7. The predicted octanol–water partition coefficient (Wildman–Crippen LogP) is 5.40. The van der Waals surface area contributed by atoms with Gasteiger partial charge in [-0.1, -0.05) is 12.1 Å². The van der Waals surface area contributed by atoms with Crippen LogP contribution in [0, 0.1) is 11.6 Å². The summed E-state index contributed by atoms with van der Waals surface area (Å²) in [6.07, 6.45) is 2.87. The molecule has 0 aliphatic heterocycles. The van der Waals surface area contributed by atoms with Crippen molar-refractivity contribution >= 4 is 39.9 Å². The number of allylic oxidation sites excluding steroid dienone is 1. The summed E-state index contributed by atoms with van der Waals surface area (Å²) in [5.41, 5.74) is 0.794. The van der Waals surface area contributed by atoms with Crippen molar-refractivity contribution in [3.63, 3.8) is 0 Å². The van der Waals surface area contributed by atoms with Gasteiger partial charge < -0.3 is 4.74 Å². The Bertz CT molecular complexity index is 1110. The number of nitrogens with zero attached hydrogens (tertiary/aromatic N) is 2. The number of carbonyl (C=O) groups is 2. The lowest BCUT2D eigenvalue weighted by Crippen LogP contribution is -2.23. The number of hydrogen-bond acceptors (Lipinski definition) is 5. The molecular weight excluding hydrogens is 410 g/mol. The molecule has 0 spiro atoms. The minimum atomic E-state index is -0.873. The van der Waals surface area contributed by atoms with Gasteiger partial charge in [0.1, 0.15) is 17.4 Å². The quantitative estimate of drug-likeness (QED) is 0.373. The molecule has 1 heterocycles. The van der Waals surface area contributed by atoms with Crippen molar-refractivity contribution in [2.75, 3.05) is 11.5 Å². The lowest BCUT2D eigenvalue weighted by molar-refractivity contribution is -0.115. The number of benzene rings is 2. The Morgan fingerprint density at radius 2 is 2.00 bits per heavy atom. The van der Waals surface area contributed by atoms with E-state index in [0.717, 1.165) is 22.3 Å². The van der Waals surface area contributed by atoms with Crippen molar-refractivity contribution in [2.24, 2.45) is 0 Å². The van der Waals surface area contributed by atoms with E-state index in [-0.39, 0.29) is 16.6 Å². The van der Waals surface area contributed by atoms with Crippen molar-refractivity contribution in [1.82, 2.24) is 4.98 Å². The highest BCUT2D eigenvalue weighted by molar-refractivity contribution is 7.14. The number of aromatic nitrogens is 1. The van der Waals surface area contributed by atoms with Crippen LogP contribution in [0.4, 0.5) is 19.6 Å². The molecule has 0 atom stereocenters. The molecule has 0 aliphatic rings. The zero-order valence-corrected chi connectivity index (χ0v) is 17.1. The fraction of sp³-hybridized carbons (Fsp3) is 0.136. The molecule has 0 aliphatic carbocycles. The predicted molar refractivity (Wildman–Crippen MR) is 112 cm³/mol. The van der Waals surface area contributed by atoms with Crippen molar-refractivity contribution in [3.8, 4) is 5.75 Å². The summed E-state index contributed by atoms with van der Waals surface area (Å²) >= 11 is 1.10. The van der Waals surface area contributed by atoms with Crippen LogP contribution in [0.25, 0.3) is 6.08 Å². The Morgan fingerprint density at radius 3 is 2.70 bits per heavy atom. The topological polar surface area (TPSA) is 59.5 Å². The number of hydrogen-bond donors (Lipinski definition) is 0. The van der Waals surface area contributed by atoms with E-state index in [1.165, 1.54) is 25.1 Å². The van der Waals surface area contributed by atoms with Crippen LogP contribution in [0.3, 0.4) is 0 Å². The van der Waals surface area contributed by atoms with Gasteiger partial charge >= 0.3 is 0 Å². The third-order valence-electron chi connectivity index (χ3n) is 4.00. The number of ketones is 1. The second-order valence-electron chi connectivity index (χ2n) is 6.16. The molecule has 0 bridgehead atoms. The van der Waals surface area contributed by atoms with E-state index >= 15 is 0 Å². The summed E-state index contributed by atoms with van der Waals surface area (Å²) in [6.45, 7) is 3.61. The maximum atomic E-state index is 14.2. The van der Waals surface area contributed by atoms with Gasteiger partial charge in [-0.15, -0.1) is 11.3 Å². The molecule has 0 fully saturated rings. The van der Waals surface area contributed by atoms with Gasteiger partial charge in [-0.3, -0.25) is 14.5 Å². The molecule has 0 radical (unpaired) electrons. The Morgan fingerprint density at radius 1 is 1.20 bits per heavy atom. The lowest BCUT2D eigenvalue weighted by Gasteiger charge is -2.18. The fourth-order valence-corrected chi connectivity index (χ4v) is 3.54. The maximum Gasteiger partial charge on any atom is 0.230 e. The molecule has 0 saturated heterocycles. The van der Waals surface area contributed by atoms with Crippen LogP contribution in [-0.2, 0) is 4.79 Å². The summed E-state index contributed by atoms with van der Waals surface area (Å²) in [5.74, 6) is -1.73. The van der Waals surface area contributed by atoms with Gasteiger partial charge in [0.15, 0.2) is 10.9 Å². The van der Waals surface area contributed by atoms with Gasteiger partial charge in [-0.25, -0.2) is 13.8 Å². The van der Waals surface area contributed by atoms with Crippen molar-refractivity contribution in [2.45, 2.75) is 13.8 Å². The highest BCUT2D eigenvalue weighted by Gasteiger charge is 2.21. The van der Waals surface area contributed by atoms with E-state index in [2.05, 4.69) is 4.98 Å². The molecule has 3 aromatic rings. The number of carbonyl (C=O) groups excluding carboxylic acids is 2. The fourth-order valence-electron chi connectivity index (χ4n) is 2.69. The van der Waals surface area contributed by atoms with Crippen LogP contribution in [0.15, 0.2) is 53.9 Å². The van der Waals surface area contributed by atoms with E-state index in [0.29, 0.717) is 29.7 Å². The lowest BCUT2D eigenvalue weighted by atomic mass is 10.1. The minimum Gasteiger partial charge on any atom is -0.494 e. The van der Waals surface area contributed by atoms with Gasteiger partial charge in [0.25, 0.3) is 0 Å². The van der Waals surface area contributed by atoms with Gasteiger partial charge in [0.05, 0.1) is 18.0 Å². The van der Waals surface area contributed by atoms with E-state index in [1.54, 1.807) is 29.6 Å². The highest BCUT2D eigenvalue weighted by atomic mass is 32.1. The number of halogens is 2. The molecule has 3 rings (SSSR count).